The normalized spacial score (nSPS) is 16.0. The predicted molar refractivity (Wildman–Crippen MR) is 98.2 cm³/mol. The smallest absolute Gasteiger partial charge is 0.328 e. The van der Waals surface area contributed by atoms with E-state index in [1.54, 1.807) is 0 Å². The number of hydrogen-bond acceptors (Lipinski definition) is 6. The second-order valence-electron chi connectivity index (χ2n) is 5.31. The van der Waals surface area contributed by atoms with Crippen LogP contribution < -0.4 is 11.4 Å². The molecule has 0 saturated heterocycles. The number of nitrogens with two attached hydrogens (primary N) is 1. The summed E-state index contributed by atoms with van der Waals surface area (Å²) in [5.41, 5.74) is 8.86. The van der Waals surface area contributed by atoms with E-state index >= 15 is 0 Å². The number of fused-ring (bicyclic) bond motifs is 1. The number of halogens is 2. The number of nitrogens with zero attached hydrogens (tertiary/aromatic N) is 4. The van der Waals surface area contributed by atoms with Crippen LogP contribution >= 0.6 is 38.5 Å². The third-order valence-electron chi connectivity index (χ3n) is 3.74. The number of anilines is 1. The van der Waals surface area contributed by atoms with E-state index in [1.165, 1.54) is 4.57 Å². The third kappa shape index (κ3) is 2.78. The van der Waals surface area contributed by atoms with Crippen LogP contribution in [0, 0.1) is 0 Å². The molecule has 8 nitrogen and oxygen atoms in total. The minimum atomic E-state index is -0.337. The van der Waals surface area contributed by atoms with E-state index in [0.29, 0.717) is 28.0 Å². The van der Waals surface area contributed by atoms with Crippen LogP contribution in [0.5, 0.6) is 0 Å². The molecule has 0 amide bonds. The molecule has 1 aliphatic rings. The molecular weight excluding hydrogens is 479 g/mol. The van der Waals surface area contributed by atoms with Crippen LogP contribution in [0.2, 0.25) is 0 Å². The Bertz CT molecular complexity index is 928. The van der Waals surface area contributed by atoms with Crippen molar-refractivity contribution >= 4 is 55.6 Å². The number of aromatic nitrogens is 4. The maximum absolute atomic E-state index is 12.3. The summed E-state index contributed by atoms with van der Waals surface area (Å²) in [7, 11) is 0. The lowest BCUT2D eigenvalue weighted by Gasteiger charge is -2.28. The number of nitrogen functional groups attached to an aromatic ring is 1. The van der Waals surface area contributed by atoms with Gasteiger partial charge in [-0.2, -0.15) is 4.98 Å². The zero-order valence-electron chi connectivity index (χ0n) is 12.4. The molecule has 0 atom stereocenters. The Labute approximate surface area is 153 Å². The first-order valence-corrected chi connectivity index (χ1v) is 8.60. The Kier molecular flexibility index (Phi) is 4.23. The average molecular weight is 493 g/mol. The molecule has 4 N–H and O–H groups in total. The van der Waals surface area contributed by atoms with Gasteiger partial charge in [0.2, 0.25) is 5.95 Å². The molecule has 0 aromatic carbocycles. The van der Waals surface area contributed by atoms with Gasteiger partial charge in [0.05, 0.1) is 18.8 Å². The zero-order chi connectivity index (χ0) is 16.9. The number of rotatable bonds is 2. The highest BCUT2D eigenvalue weighted by molar-refractivity contribution is 14.1. The highest BCUT2D eigenvalue weighted by Gasteiger charge is 2.23. The first-order valence-electron chi connectivity index (χ1n) is 6.73. The number of allylic oxidation sites excluding steroid dienone is 3. The summed E-state index contributed by atoms with van der Waals surface area (Å²) in [6.45, 7) is 4.48. The molecule has 0 spiro atoms. The fourth-order valence-corrected chi connectivity index (χ4v) is 3.48. The standard InChI is InChI=1S/C13H14BrIN6O2/c1-5-3-21(23)7(6(2)8(5)15)4-20-11-9(17-13(20)22)10(14)18-12(16)19-11/h23H,3-4H2,1-2H3,(H,17,22)(H2,16,18,19). The minimum Gasteiger partial charge on any atom is -0.368 e. The van der Waals surface area contributed by atoms with Crippen LogP contribution in [0.1, 0.15) is 13.8 Å². The van der Waals surface area contributed by atoms with E-state index in [-0.39, 0.29) is 18.2 Å². The highest BCUT2D eigenvalue weighted by Crippen LogP contribution is 2.31. The highest BCUT2D eigenvalue weighted by atomic mass is 127. The van der Waals surface area contributed by atoms with Crippen molar-refractivity contribution in [2.75, 3.05) is 12.3 Å². The van der Waals surface area contributed by atoms with E-state index in [0.717, 1.165) is 19.8 Å². The molecule has 2 aromatic heterocycles. The molecule has 2 aromatic rings. The van der Waals surface area contributed by atoms with Crippen LogP contribution in [-0.4, -0.2) is 36.3 Å². The van der Waals surface area contributed by atoms with Gasteiger partial charge in [-0.05, 0) is 63.5 Å². The lowest BCUT2D eigenvalue weighted by atomic mass is 10.1. The van der Waals surface area contributed by atoms with Gasteiger partial charge in [0, 0.05) is 3.58 Å². The number of nitrogens with one attached hydrogen (secondary N) is 1. The molecule has 0 fully saturated rings. The number of H-pyrrole nitrogens is 1. The van der Waals surface area contributed by atoms with E-state index in [9.17, 15) is 10.0 Å². The molecule has 0 radical (unpaired) electrons. The van der Waals surface area contributed by atoms with Gasteiger partial charge in [0.25, 0.3) is 0 Å². The summed E-state index contributed by atoms with van der Waals surface area (Å²) in [6.07, 6.45) is 0. The molecule has 0 saturated carbocycles. The Balaban J connectivity index is 2.16. The van der Waals surface area contributed by atoms with Gasteiger partial charge < -0.3 is 10.7 Å². The Morgan fingerprint density at radius 3 is 2.83 bits per heavy atom. The SMILES string of the molecule is CC1=C(I)C(C)=C(Cn2c(=O)[nH]c3c(Br)nc(N)nc32)N(O)C1. The van der Waals surface area contributed by atoms with Crippen molar-refractivity contribution in [1.29, 1.82) is 0 Å². The molecular formula is C13H14BrIN6O2. The first kappa shape index (κ1) is 16.5. The lowest BCUT2D eigenvalue weighted by molar-refractivity contribution is -0.0534. The Hall–Kier alpha value is -1.40. The molecule has 1 aliphatic heterocycles. The van der Waals surface area contributed by atoms with Gasteiger partial charge in [0.1, 0.15) is 10.1 Å². The number of aromatic amines is 1. The molecule has 0 unspecified atom stereocenters. The maximum atomic E-state index is 12.3. The van der Waals surface area contributed by atoms with Gasteiger partial charge in [-0.1, -0.05) is 0 Å². The van der Waals surface area contributed by atoms with Crippen LogP contribution in [0.15, 0.2) is 29.8 Å². The average Bonchev–Trinajstić information content (AvgIpc) is 2.78. The Morgan fingerprint density at radius 2 is 2.13 bits per heavy atom. The summed E-state index contributed by atoms with van der Waals surface area (Å²) in [4.78, 5) is 23.1. The second-order valence-corrected chi connectivity index (χ2v) is 7.14. The van der Waals surface area contributed by atoms with Crippen LogP contribution in [0.4, 0.5) is 5.95 Å². The van der Waals surface area contributed by atoms with Crippen molar-refractivity contribution in [3.05, 3.63) is 35.5 Å². The second kappa shape index (κ2) is 5.91. The molecule has 3 heterocycles. The third-order valence-corrected chi connectivity index (χ3v) is 6.04. The summed E-state index contributed by atoms with van der Waals surface area (Å²) in [6, 6.07) is 0. The van der Waals surface area contributed by atoms with E-state index in [4.69, 9.17) is 5.73 Å². The van der Waals surface area contributed by atoms with Crippen molar-refractivity contribution in [3.8, 4) is 0 Å². The lowest BCUT2D eigenvalue weighted by Crippen LogP contribution is -2.31. The Morgan fingerprint density at radius 1 is 1.43 bits per heavy atom. The minimum absolute atomic E-state index is 0.0673. The molecule has 0 aliphatic carbocycles. The van der Waals surface area contributed by atoms with Gasteiger partial charge >= 0.3 is 5.69 Å². The van der Waals surface area contributed by atoms with Crippen molar-refractivity contribution in [3.63, 3.8) is 0 Å². The van der Waals surface area contributed by atoms with Crippen molar-refractivity contribution < 1.29 is 5.21 Å². The van der Waals surface area contributed by atoms with Gasteiger partial charge in [-0.3, -0.25) is 14.8 Å². The predicted octanol–water partition coefficient (Wildman–Crippen LogP) is 2.15. The molecule has 23 heavy (non-hydrogen) atoms. The number of hydrogen-bond donors (Lipinski definition) is 3. The summed E-state index contributed by atoms with van der Waals surface area (Å²) in [5, 5.41) is 11.4. The molecule has 0 bridgehead atoms. The maximum Gasteiger partial charge on any atom is 0.328 e. The van der Waals surface area contributed by atoms with Crippen molar-refractivity contribution in [2.45, 2.75) is 20.4 Å². The number of hydroxylamine groups is 2. The topological polar surface area (TPSA) is 113 Å². The van der Waals surface area contributed by atoms with E-state index in [2.05, 4.69) is 53.5 Å². The van der Waals surface area contributed by atoms with Crippen molar-refractivity contribution in [1.82, 2.24) is 24.6 Å². The fraction of sp³-hybridized carbons (Fsp3) is 0.308. The number of imidazole rings is 1. The van der Waals surface area contributed by atoms with E-state index in [1.807, 2.05) is 13.8 Å². The zero-order valence-corrected chi connectivity index (χ0v) is 16.1. The van der Waals surface area contributed by atoms with Crippen LogP contribution in [0.3, 0.4) is 0 Å². The largest absolute Gasteiger partial charge is 0.368 e. The van der Waals surface area contributed by atoms with Gasteiger partial charge in [-0.25, -0.2) is 9.78 Å². The monoisotopic (exact) mass is 492 g/mol. The summed E-state index contributed by atoms with van der Waals surface area (Å²) >= 11 is 5.51. The molecule has 122 valence electrons. The first-order chi connectivity index (χ1) is 10.8. The summed E-state index contributed by atoms with van der Waals surface area (Å²) < 4.78 is 2.95. The quantitative estimate of drug-likeness (QED) is 0.437. The molecule has 3 rings (SSSR count). The van der Waals surface area contributed by atoms with Crippen LogP contribution in [-0.2, 0) is 6.54 Å². The molecule has 10 heteroatoms. The fourth-order valence-electron chi connectivity index (χ4n) is 2.54. The van der Waals surface area contributed by atoms with Gasteiger partial charge in [-0.15, -0.1) is 0 Å². The summed E-state index contributed by atoms with van der Waals surface area (Å²) in [5.74, 6) is 0.0673. The van der Waals surface area contributed by atoms with Crippen molar-refractivity contribution in [2.24, 2.45) is 0 Å². The van der Waals surface area contributed by atoms with E-state index < -0.39 is 0 Å². The van der Waals surface area contributed by atoms with Gasteiger partial charge in [0.15, 0.2) is 5.65 Å². The van der Waals surface area contributed by atoms with Crippen LogP contribution in [0.25, 0.3) is 11.2 Å².